The Labute approximate surface area is 137 Å². The minimum Gasteiger partial charge on any atom is -0.481 e. The fourth-order valence-electron chi connectivity index (χ4n) is 3.01. The summed E-state index contributed by atoms with van der Waals surface area (Å²) in [6.07, 6.45) is 0.963. The number of hydrogen-bond acceptors (Lipinski definition) is 2. The van der Waals surface area contributed by atoms with Gasteiger partial charge in [-0.2, -0.15) is 0 Å². The first-order chi connectivity index (χ1) is 10.8. The van der Waals surface area contributed by atoms with Crippen molar-refractivity contribution in [1.82, 2.24) is 0 Å². The van der Waals surface area contributed by atoms with Crippen LogP contribution in [0, 0.1) is 11.8 Å². The van der Waals surface area contributed by atoms with Crippen LogP contribution in [0.1, 0.15) is 52.0 Å². The van der Waals surface area contributed by atoms with E-state index in [1.54, 1.807) is 0 Å². The van der Waals surface area contributed by atoms with E-state index in [4.69, 9.17) is 0 Å². The number of anilines is 1. The first kappa shape index (κ1) is 17.3. The van der Waals surface area contributed by atoms with Crippen LogP contribution in [0.2, 0.25) is 0 Å². The number of carbonyl (C=O) groups excluding carboxylic acids is 1. The highest BCUT2D eigenvalue weighted by Crippen LogP contribution is 2.35. The average Bonchev–Trinajstić information content (AvgIpc) is 2.49. The third-order valence-corrected chi connectivity index (χ3v) is 4.77. The third-order valence-electron chi connectivity index (χ3n) is 4.77. The zero-order valence-electron chi connectivity index (χ0n) is 14.2. The molecule has 1 aliphatic carbocycles. The van der Waals surface area contributed by atoms with E-state index in [2.05, 4.69) is 19.2 Å². The number of rotatable bonds is 4. The molecule has 2 N–H and O–H groups in total. The number of carbonyl (C=O) groups is 2. The lowest BCUT2D eigenvalue weighted by Crippen LogP contribution is -2.36. The monoisotopic (exact) mass is 315 g/mol. The van der Waals surface area contributed by atoms with Gasteiger partial charge in [0.2, 0.25) is 5.91 Å². The zero-order valence-corrected chi connectivity index (χ0v) is 14.2. The average molecular weight is 315 g/mol. The molecule has 4 heteroatoms. The Balaban J connectivity index is 2.13. The number of carboxylic acid groups (broad SMARTS) is 1. The van der Waals surface area contributed by atoms with E-state index >= 15 is 0 Å². The molecule has 1 amide bonds. The Hall–Kier alpha value is -2.10. The maximum Gasteiger partial charge on any atom is 0.307 e. The van der Waals surface area contributed by atoms with Gasteiger partial charge in [0, 0.05) is 5.69 Å². The fraction of sp³-hybridized carbons (Fsp3) is 0.474. The molecular formula is C19H25NO3. The summed E-state index contributed by atoms with van der Waals surface area (Å²) >= 11 is 0. The molecule has 0 saturated carbocycles. The van der Waals surface area contributed by atoms with Crippen LogP contribution in [-0.4, -0.2) is 17.0 Å². The first-order valence-electron chi connectivity index (χ1n) is 8.08. The van der Waals surface area contributed by atoms with Crippen LogP contribution in [-0.2, 0) is 9.59 Å². The summed E-state index contributed by atoms with van der Waals surface area (Å²) in [6, 6.07) is 7.73. The molecule has 124 valence electrons. The summed E-state index contributed by atoms with van der Waals surface area (Å²) in [5, 5.41) is 12.3. The molecule has 1 aromatic carbocycles. The number of nitrogens with one attached hydrogen (secondary N) is 1. The molecule has 4 nitrogen and oxygen atoms in total. The second-order valence-corrected chi connectivity index (χ2v) is 6.79. The number of carboxylic acids is 1. The molecular weight excluding hydrogens is 290 g/mol. The van der Waals surface area contributed by atoms with E-state index < -0.39 is 17.8 Å². The predicted octanol–water partition coefficient (Wildman–Crippen LogP) is 4.20. The first-order valence-corrected chi connectivity index (χ1v) is 8.08. The lowest BCUT2D eigenvalue weighted by molar-refractivity contribution is -0.146. The molecule has 23 heavy (non-hydrogen) atoms. The Morgan fingerprint density at radius 3 is 2.04 bits per heavy atom. The molecule has 0 aliphatic heterocycles. The van der Waals surface area contributed by atoms with E-state index in [-0.39, 0.29) is 5.91 Å². The van der Waals surface area contributed by atoms with Crippen LogP contribution in [0.15, 0.2) is 35.4 Å². The minimum atomic E-state index is -0.896. The van der Waals surface area contributed by atoms with Gasteiger partial charge in [-0.05, 0) is 50.3 Å². The standard InChI is InChI=1S/C19H25NO3/c1-11(2)14-5-7-15(8-6-14)20-18(21)16-9-12(3)13(4)10-17(16)19(22)23/h5-8,11,16-17H,9-10H2,1-4H3,(H,20,21)(H,22,23)/t16-,17-/m0/s1. The Morgan fingerprint density at radius 1 is 1.04 bits per heavy atom. The Morgan fingerprint density at radius 2 is 1.57 bits per heavy atom. The van der Waals surface area contributed by atoms with Gasteiger partial charge in [0.1, 0.15) is 0 Å². The van der Waals surface area contributed by atoms with Gasteiger partial charge >= 0.3 is 5.97 Å². The SMILES string of the molecule is CC1=C(C)C[C@H](C(=O)Nc2ccc(C(C)C)cc2)[C@@H](C(=O)O)C1. The quantitative estimate of drug-likeness (QED) is 0.818. The van der Waals surface area contributed by atoms with Crippen molar-refractivity contribution in [2.24, 2.45) is 11.8 Å². The summed E-state index contributed by atoms with van der Waals surface area (Å²) in [6.45, 7) is 8.16. The van der Waals surface area contributed by atoms with Gasteiger partial charge in [0.15, 0.2) is 0 Å². The number of aliphatic carboxylic acids is 1. The van der Waals surface area contributed by atoms with Crippen molar-refractivity contribution >= 4 is 17.6 Å². The fourth-order valence-corrected chi connectivity index (χ4v) is 3.01. The Bertz CT molecular complexity index is 629. The maximum absolute atomic E-state index is 12.6. The lowest BCUT2D eigenvalue weighted by atomic mass is 9.76. The van der Waals surface area contributed by atoms with Crippen LogP contribution in [0.3, 0.4) is 0 Å². The van der Waals surface area contributed by atoms with Crippen LogP contribution >= 0.6 is 0 Å². The molecule has 0 fully saturated rings. The van der Waals surface area contributed by atoms with Crippen LogP contribution < -0.4 is 5.32 Å². The van der Waals surface area contributed by atoms with Gasteiger partial charge < -0.3 is 10.4 Å². The lowest BCUT2D eigenvalue weighted by Gasteiger charge is -2.29. The van der Waals surface area contributed by atoms with Gasteiger partial charge in [0.25, 0.3) is 0 Å². The normalized spacial score (nSPS) is 21.4. The molecule has 2 rings (SSSR count). The zero-order chi connectivity index (χ0) is 17.1. The van der Waals surface area contributed by atoms with Gasteiger partial charge in [-0.3, -0.25) is 9.59 Å². The van der Waals surface area contributed by atoms with Gasteiger partial charge in [-0.1, -0.05) is 37.1 Å². The molecule has 0 unspecified atom stereocenters. The summed E-state index contributed by atoms with van der Waals surface area (Å²) in [5.74, 6) is -1.83. The molecule has 0 aromatic heterocycles. The number of hydrogen-bond donors (Lipinski definition) is 2. The van der Waals surface area contributed by atoms with Gasteiger partial charge in [-0.25, -0.2) is 0 Å². The summed E-state index contributed by atoms with van der Waals surface area (Å²) in [4.78, 5) is 24.0. The van der Waals surface area contributed by atoms with E-state index in [9.17, 15) is 14.7 Å². The van der Waals surface area contributed by atoms with Crippen molar-refractivity contribution in [2.45, 2.75) is 46.5 Å². The van der Waals surface area contributed by atoms with Crippen molar-refractivity contribution in [1.29, 1.82) is 0 Å². The highest BCUT2D eigenvalue weighted by molar-refractivity contribution is 5.95. The maximum atomic E-state index is 12.6. The predicted molar refractivity (Wildman–Crippen MR) is 91.4 cm³/mol. The summed E-state index contributed by atoms with van der Waals surface area (Å²) < 4.78 is 0. The Kier molecular flexibility index (Phi) is 5.24. The van der Waals surface area contributed by atoms with Crippen molar-refractivity contribution in [3.63, 3.8) is 0 Å². The highest BCUT2D eigenvalue weighted by atomic mass is 16.4. The van der Waals surface area contributed by atoms with E-state index in [0.717, 1.165) is 11.1 Å². The second kappa shape index (κ2) is 6.99. The van der Waals surface area contributed by atoms with Crippen molar-refractivity contribution < 1.29 is 14.7 Å². The summed E-state index contributed by atoms with van der Waals surface area (Å²) in [5.41, 5.74) is 4.13. The van der Waals surface area contributed by atoms with Crippen LogP contribution in [0.5, 0.6) is 0 Å². The number of allylic oxidation sites excluding steroid dienone is 2. The van der Waals surface area contributed by atoms with Crippen molar-refractivity contribution in [2.75, 3.05) is 5.32 Å². The largest absolute Gasteiger partial charge is 0.481 e. The van der Waals surface area contributed by atoms with Crippen molar-refractivity contribution in [3.8, 4) is 0 Å². The van der Waals surface area contributed by atoms with Crippen LogP contribution in [0.4, 0.5) is 5.69 Å². The topological polar surface area (TPSA) is 66.4 Å². The smallest absolute Gasteiger partial charge is 0.307 e. The second-order valence-electron chi connectivity index (χ2n) is 6.79. The highest BCUT2D eigenvalue weighted by Gasteiger charge is 2.37. The van der Waals surface area contributed by atoms with Gasteiger partial charge in [0.05, 0.1) is 11.8 Å². The van der Waals surface area contributed by atoms with Crippen LogP contribution in [0.25, 0.3) is 0 Å². The molecule has 1 aliphatic rings. The molecule has 1 aromatic rings. The van der Waals surface area contributed by atoms with E-state index in [0.29, 0.717) is 24.4 Å². The van der Waals surface area contributed by atoms with E-state index in [1.165, 1.54) is 5.56 Å². The number of amides is 1. The summed E-state index contributed by atoms with van der Waals surface area (Å²) in [7, 11) is 0. The third kappa shape index (κ3) is 4.01. The molecule has 0 spiro atoms. The van der Waals surface area contributed by atoms with Crippen molar-refractivity contribution in [3.05, 3.63) is 41.0 Å². The minimum absolute atomic E-state index is 0.207. The molecule has 2 atom stereocenters. The number of benzene rings is 1. The molecule has 0 saturated heterocycles. The van der Waals surface area contributed by atoms with Gasteiger partial charge in [-0.15, -0.1) is 0 Å². The van der Waals surface area contributed by atoms with E-state index in [1.807, 2.05) is 38.1 Å². The molecule has 0 bridgehead atoms. The molecule has 0 heterocycles. The molecule has 0 radical (unpaired) electrons.